The van der Waals surface area contributed by atoms with E-state index in [1.165, 1.54) is 14.0 Å². The second kappa shape index (κ2) is 6.60. The molecule has 2 rings (SSSR count). The van der Waals surface area contributed by atoms with Crippen LogP contribution >= 0.6 is 0 Å². The standard InChI is InChI=1S/C16H18N2O5/c1-4-12(13(19)17-9(2)16(22)23-3)18-14(20)10-7-5-6-8-11(10)15(18)21/h5-9,12H,4H2,1-3H3,(H,17,19)/t9-,12-/m0/s1. The number of hydrogen-bond donors (Lipinski definition) is 1. The number of fused-ring (bicyclic) bond motifs is 1. The van der Waals surface area contributed by atoms with Gasteiger partial charge in [-0.15, -0.1) is 0 Å². The predicted molar refractivity (Wildman–Crippen MR) is 80.6 cm³/mol. The summed E-state index contributed by atoms with van der Waals surface area (Å²) in [4.78, 5) is 49.6. The number of esters is 1. The number of rotatable bonds is 5. The molecular weight excluding hydrogens is 300 g/mol. The van der Waals surface area contributed by atoms with E-state index >= 15 is 0 Å². The van der Waals surface area contributed by atoms with Gasteiger partial charge in [-0.1, -0.05) is 19.1 Å². The molecule has 0 fully saturated rings. The lowest BCUT2D eigenvalue weighted by atomic mass is 10.1. The van der Waals surface area contributed by atoms with E-state index in [-0.39, 0.29) is 17.5 Å². The van der Waals surface area contributed by atoms with Crippen LogP contribution in [0.5, 0.6) is 0 Å². The van der Waals surface area contributed by atoms with Crippen LogP contribution in [0.4, 0.5) is 0 Å². The Morgan fingerprint density at radius 1 is 1.17 bits per heavy atom. The highest BCUT2D eigenvalue weighted by atomic mass is 16.5. The van der Waals surface area contributed by atoms with E-state index in [9.17, 15) is 19.2 Å². The van der Waals surface area contributed by atoms with Crippen LogP contribution in [0.15, 0.2) is 24.3 Å². The van der Waals surface area contributed by atoms with Gasteiger partial charge in [0.05, 0.1) is 18.2 Å². The lowest BCUT2D eigenvalue weighted by Gasteiger charge is -2.25. The zero-order valence-corrected chi connectivity index (χ0v) is 13.2. The number of benzene rings is 1. The molecule has 1 aromatic rings. The van der Waals surface area contributed by atoms with Gasteiger partial charge >= 0.3 is 5.97 Å². The Morgan fingerprint density at radius 2 is 1.70 bits per heavy atom. The normalized spacial score (nSPS) is 15.9. The Labute approximate surface area is 133 Å². The van der Waals surface area contributed by atoms with Crippen LogP contribution in [0.1, 0.15) is 41.0 Å². The average Bonchev–Trinajstić information content (AvgIpc) is 2.80. The topological polar surface area (TPSA) is 92.8 Å². The summed E-state index contributed by atoms with van der Waals surface area (Å²) in [6, 6.07) is 4.59. The molecule has 122 valence electrons. The molecule has 7 heteroatoms. The maximum Gasteiger partial charge on any atom is 0.328 e. The number of imide groups is 1. The SMILES string of the molecule is CC[C@@H](C(=O)N[C@@H](C)C(=O)OC)N1C(=O)c2ccccc2C1=O. The van der Waals surface area contributed by atoms with Gasteiger partial charge in [-0.25, -0.2) is 4.79 Å². The Hall–Kier alpha value is -2.70. The first-order valence-electron chi connectivity index (χ1n) is 7.27. The minimum Gasteiger partial charge on any atom is -0.467 e. The summed E-state index contributed by atoms with van der Waals surface area (Å²) in [6.07, 6.45) is 0.241. The summed E-state index contributed by atoms with van der Waals surface area (Å²) in [6.45, 7) is 3.16. The molecule has 1 aliphatic rings. The predicted octanol–water partition coefficient (Wildman–Crippen LogP) is 0.739. The molecule has 23 heavy (non-hydrogen) atoms. The second-order valence-corrected chi connectivity index (χ2v) is 5.20. The highest BCUT2D eigenvalue weighted by Crippen LogP contribution is 2.25. The summed E-state index contributed by atoms with van der Waals surface area (Å²) in [5.41, 5.74) is 0.564. The Kier molecular flexibility index (Phi) is 4.78. The van der Waals surface area contributed by atoms with Crippen molar-refractivity contribution in [2.24, 2.45) is 0 Å². The fourth-order valence-corrected chi connectivity index (χ4v) is 2.52. The van der Waals surface area contributed by atoms with Gasteiger partial charge in [-0.2, -0.15) is 0 Å². The smallest absolute Gasteiger partial charge is 0.328 e. The molecule has 3 amide bonds. The minimum absolute atomic E-state index is 0.241. The Bertz CT molecular complexity index is 635. The van der Waals surface area contributed by atoms with Gasteiger partial charge in [0.15, 0.2) is 0 Å². The molecule has 0 saturated carbocycles. The molecule has 0 aliphatic carbocycles. The molecule has 0 aromatic heterocycles. The average molecular weight is 318 g/mol. The summed E-state index contributed by atoms with van der Waals surface area (Å²) in [7, 11) is 1.21. The van der Waals surface area contributed by atoms with Crippen molar-refractivity contribution in [1.29, 1.82) is 0 Å². The van der Waals surface area contributed by atoms with Crippen molar-refractivity contribution < 1.29 is 23.9 Å². The molecule has 0 unspecified atom stereocenters. The lowest BCUT2D eigenvalue weighted by molar-refractivity contribution is -0.145. The molecule has 1 heterocycles. The summed E-state index contributed by atoms with van der Waals surface area (Å²) in [5, 5.41) is 2.47. The number of methoxy groups -OCH3 is 1. The monoisotopic (exact) mass is 318 g/mol. The highest BCUT2D eigenvalue weighted by Gasteiger charge is 2.42. The maximum atomic E-state index is 12.4. The van der Waals surface area contributed by atoms with Gasteiger partial charge in [0.25, 0.3) is 11.8 Å². The number of carbonyl (C=O) groups excluding carboxylic acids is 4. The largest absolute Gasteiger partial charge is 0.467 e. The summed E-state index contributed by atoms with van der Waals surface area (Å²) >= 11 is 0. The summed E-state index contributed by atoms with van der Waals surface area (Å²) in [5.74, 6) is -2.17. The first kappa shape index (κ1) is 16.7. The van der Waals surface area contributed by atoms with Gasteiger partial charge in [-0.05, 0) is 25.5 Å². The van der Waals surface area contributed by atoms with Crippen LogP contribution in [-0.2, 0) is 14.3 Å². The number of nitrogens with zero attached hydrogens (tertiary/aromatic N) is 1. The first-order valence-corrected chi connectivity index (χ1v) is 7.27. The number of amides is 3. The van der Waals surface area contributed by atoms with Crippen LogP contribution in [0.3, 0.4) is 0 Å². The van der Waals surface area contributed by atoms with Gasteiger partial charge in [0.2, 0.25) is 5.91 Å². The molecule has 2 atom stereocenters. The van der Waals surface area contributed by atoms with Gasteiger partial charge in [0, 0.05) is 0 Å². The molecule has 1 N–H and O–H groups in total. The van der Waals surface area contributed by atoms with E-state index in [1.54, 1.807) is 31.2 Å². The molecule has 1 aromatic carbocycles. The Balaban J connectivity index is 2.22. The first-order chi connectivity index (χ1) is 10.9. The number of ether oxygens (including phenoxy) is 1. The molecular formula is C16H18N2O5. The van der Waals surface area contributed by atoms with Crippen molar-refractivity contribution in [1.82, 2.24) is 10.2 Å². The van der Waals surface area contributed by atoms with Crippen molar-refractivity contribution in [2.75, 3.05) is 7.11 Å². The van der Waals surface area contributed by atoms with Crippen molar-refractivity contribution in [2.45, 2.75) is 32.4 Å². The van der Waals surface area contributed by atoms with E-state index in [2.05, 4.69) is 10.1 Å². The van der Waals surface area contributed by atoms with Crippen LogP contribution in [0.2, 0.25) is 0 Å². The van der Waals surface area contributed by atoms with Crippen molar-refractivity contribution >= 4 is 23.7 Å². The molecule has 0 saturated heterocycles. The summed E-state index contributed by atoms with van der Waals surface area (Å²) < 4.78 is 4.54. The van der Waals surface area contributed by atoms with Crippen LogP contribution < -0.4 is 5.32 Å². The lowest BCUT2D eigenvalue weighted by Crippen LogP contribution is -2.52. The zero-order valence-electron chi connectivity index (χ0n) is 13.2. The van der Waals surface area contributed by atoms with Crippen molar-refractivity contribution in [3.8, 4) is 0 Å². The van der Waals surface area contributed by atoms with E-state index in [0.29, 0.717) is 0 Å². The third-order valence-corrected chi connectivity index (χ3v) is 3.74. The van der Waals surface area contributed by atoms with E-state index in [4.69, 9.17) is 0 Å². The Morgan fingerprint density at radius 3 is 2.13 bits per heavy atom. The molecule has 0 radical (unpaired) electrons. The van der Waals surface area contributed by atoms with E-state index in [0.717, 1.165) is 4.90 Å². The van der Waals surface area contributed by atoms with Crippen molar-refractivity contribution in [3.05, 3.63) is 35.4 Å². The van der Waals surface area contributed by atoms with Crippen LogP contribution in [-0.4, -0.2) is 47.8 Å². The third-order valence-electron chi connectivity index (χ3n) is 3.74. The van der Waals surface area contributed by atoms with Crippen LogP contribution in [0, 0.1) is 0 Å². The number of hydrogen-bond acceptors (Lipinski definition) is 5. The second-order valence-electron chi connectivity index (χ2n) is 5.20. The van der Waals surface area contributed by atoms with Gasteiger partial charge in [-0.3, -0.25) is 19.3 Å². The molecule has 1 aliphatic heterocycles. The van der Waals surface area contributed by atoms with E-state index < -0.39 is 35.8 Å². The molecule has 0 spiro atoms. The molecule has 0 bridgehead atoms. The number of carbonyl (C=O) groups is 4. The van der Waals surface area contributed by atoms with Gasteiger partial charge < -0.3 is 10.1 Å². The van der Waals surface area contributed by atoms with Crippen LogP contribution in [0.25, 0.3) is 0 Å². The fraction of sp³-hybridized carbons (Fsp3) is 0.375. The van der Waals surface area contributed by atoms with E-state index in [1.807, 2.05) is 0 Å². The zero-order chi connectivity index (χ0) is 17.1. The third kappa shape index (κ3) is 2.94. The number of nitrogens with one attached hydrogen (secondary N) is 1. The molecule has 7 nitrogen and oxygen atoms in total. The van der Waals surface area contributed by atoms with Gasteiger partial charge in [0.1, 0.15) is 12.1 Å². The minimum atomic E-state index is -0.977. The quantitative estimate of drug-likeness (QED) is 0.638. The highest BCUT2D eigenvalue weighted by molar-refractivity contribution is 6.22. The fourth-order valence-electron chi connectivity index (χ4n) is 2.52. The maximum absolute atomic E-state index is 12.4. The van der Waals surface area contributed by atoms with Crippen molar-refractivity contribution in [3.63, 3.8) is 0 Å².